The Morgan fingerprint density at radius 1 is 1.16 bits per heavy atom. The minimum Gasteiger partial charge on any atom is -0.484 e. The van der Waals surface area contributed by atoms with Crippen molar-refractivity contribution in [1.29, 1.82) is 0 Å². The Labute approximate surface area is 183 Å². The first-order valence-corrected chi connectivity index (χ1v) is 9.92. The largest absolute Gasteiger partial charge is 0.484 e. The molecule has 4 rings (SSSR count). The SMILES string of the molecule is Cc1cc(NC(=O)c2ccc(COc3ccccc3Cl)o2)nn1Cc1ccccc1F. The Bertz CT molecular complexity index is 1220. The van der Waals surface area contributed by atoms with E-state index in [-0.39, 0.29) is 24.7 Å². The topological polar surface area (TPSA) is 69.3 Å². The maximum atomic E-state index is 13.9. The summed E-state index contributed by atoms with van der Waals surface area (Å²) in [5.41, 5.74) is 1.30. The lowest BCUT2D eigenvalue weighted by Gasteiger charge is -2.06. The second-order valence-electron chi connectivity index (χ2n) is 6.86. The summed E-state index contributed by atoms with van der Waals surface area (Å²) in [4.78, 5) is 12.5. The monoisotopic (exact) mass is 439 g/mol. The van der Waals surface area contributed by atoms with Gasteiger partial charge in [0.05, 0.1) is 11.6 Å². The number of para-hydroxylation sites is 1. The van der Waals surface area contributed by atoms with Crippen LogP contribution < -0.4 is 10.1 Å². The molecule has 2 heterocycles. The van der Waals surface area contributed by atoms with Crippen molar-refractivity contribution in [2.75, 3.05) is 5.32 Å². The molecule has 0 aliphatic carbocycles. The van der Waals surface area contributed by atoms with Crippen molar-refractivity contribution in [3.8, 4) is 5.75 Å². The molecule has 2 aromatic carbocycles. The number of nitrogens with zero attached hydrogens (tertiary/aromatic N) is 2. The first-order valence-electron chi connectivity index (χ1n) is 9.55. The third-order valence-electron chi connectivity index (χ3n) is 4.59. The Balaban J connectivity index is 1.39. The Morgan fingerprint density at radius 2 is 1.94 bits per heavy atom. The van der Waals surface area contributed by atoms with Gasteiger partial charge in [-0.05, 0) is 37.3 Å². The van der Waals surface area contributed by atoms with E-state index >= 15 is 0 Å². The van der Waals surface area contributed by atoms with Gasteiger partial charge in [-0.3, -0.25) is 9.48 Å². The molecule has 0 spiro atoms. The quantitative estimate of drug-likeness (QED) is 0.415. The van der Waals surface area contributed by atoms with Crippen LogP contribution in [0.3, 0.4) is 0 Å². The smallest absolute Gasteiger partial charge is 0.292 e. The zero-order valence-electron chi connectivity index (χ0n) is 16.6. The number of rotatable bonds is 7. The van der Waals surface area contributed by atoms with E-state index in [4.69, 9.17) is 20.8 Å². The highest BCUT2D eigenvalue weighted by molar-refractivity contribution is 6.32. The number of benzene rings is 2. The average molecular weight is 440 g/mol. The summed E-state index contributed by atoms with van der Waals surface area (Å²) in [7, 11) is 0. The van der Waals surface area contributed by atoms with Crippen molar-refractivity contribution < 1.29 is 18.3 Å². The number of hydrogen-bond donors (Lipinski definition) is 1. The first kappa shape index (κ1) is 20.7. The number of aromatic nitrogens is 2. The number of amides is 1. The normalized spacial score (nSPS) is 10.8. The molecule has 1 N–H and O–H groups in total. The van der Waals surface area contributed by atoms with Gasteiger partial charge in [-0.15, -0.1) is 0 Å². The third kappa shape index (κ3) is 4.95. The van der Waals surface area contributed by atoms with Gasteiger partial charge < -0.3 is 14.5 Å². The standard InChI is InChI=1S/C23H19ClFN3O3/c1-15-12-22(27-28(15)13-16-6-2-4-8-19(16)25)26-23(29)21-11-10-17(31-21)14-30-20-9-5-3-7-18(20)24/h2-12H,13-14H2,1H3,(H,26,27,29). The molecule has 0 radical (unpaired) electrons. The number of nitrogens with one attached hydrogen (secondary N) is 1. The molecule has 0 aliphatic heterocycles. The van der Waals surface area contributed by atoms with Crippen LogP contribution in [0.1, 0.15) is 27.6 Å². The fourth-order valence-electron chi connectivity index (χ4n) is 2.99. The van der Waals surface area contributed by atoms with Crippen LogP contribution in [-0.4, -0.2) is 15.7 Å². The lowest BCUT2D eigenvalue weighted by molar-refractivity contribution is 0.0992. The van der Waals surface area contributed by atoms with E-state index in [2.05, 4.69) is 10.4 Å². The lowest BCUT2D eigenvalue weighted by Crippen LogP contribution is -2.12. The number of halogens is 2. The highest BCUT2D eigenvalue weighted by atomic mass is 35.5. The van der Waals surface area contributed by atoms with E-state index in [1.807, 2.05) is 19.1 Å². The summed E-state index contributed by atoms with van der Waals surface area (Å²) in [5, 5.41) is 7.53. The predicted molar refractivity (Wildman–Crippen MR) is 115 cm³/mol. The van der Waals surface area contributed by atoms with Gasteiger partial charge in [0.15, 0.2) is 11.6 Å². The molecule has 4 aromatic rings. The predicted octanol–water partition coefficient (Wildman–Crippen LogP) is 5.46. The summed E-state index contributed by atoms with van der Waals surface area (Å²) < 4.78 is 26.7. The van der Waals surface area contributed by atoms with Crippen LogP contribution in [-0.2, 0) is 13.2 Å². The molecule has 0 unspecified atom stereocenters. The molecule has 8 heteroatoms. The minimum atomic E-state index is -0.445. The molecule has 0 fully saturated rings. The number of hydrogen-bond acceptors (Lipinski definition) is 4. The zero-order chi connectivity index (χ0) is 21.8. The molecular weight excluding hydrogens is 421 g/mol. The fraction of sp³-hybridized carbons (Fsp3) is 0.130. The van der Waals surface area contributed by atoms with Crippen molar-refractivity contribution in [3.05, 3.63) is 100 Å². The van der Waals surface area contributed by atoms with Crippen molar-refractivity contribution >= 4 is 23.3 Å². The molecule has 0 atom stereocenters. The molecule has 0 bridgehead atoms. The van der Waals surface area contributed by atoms with E-state index in [0.717, 1.165) is 5.69 Å². The highest BCUT2D eigenvalue weighted by Crippen LogP contribution is 2.24. The van der Waals surface area contributed by atoms with Crippen LogP contribution in [0, 0.1) is 12.7 Å². The van der Waals surface area contributed by atoms with E-state index in [1.54, 1.807) is 53.2 Å². The van der Waals surface area contributed by atoms with Gasteiger partial charge in [0.2, 0.25) is 0 Å². The Kier molecular flexibility index (Phi) is 6.04. The number of anilines is 1. The van der Waals surface area contributed by atoms with Gasteiger partial charge in [0, 0.05) is 17.3 Å². The van der Waals surface area contributed by atoms with Crippen LogP contribution in [0.15, 0.2) is 71.1 Å². The molecule has 31 heavy (non-hydrogen) atoms. The Hall–Kier alpha value is -3.58. The molecule has 1 amide bonds. The summed E-state index contributed by atoms with van der Waals surface area (Å²) in [5.74, 6) is 0.738. The van der Waals surface area contributed by atoms with E-state index in [9.17, 15) is 9.18 Å². The molecule has 158 valence electrons. The Morgan fingerprint density at radius 3 is 2.74 bits per heavy atom. The number of furan rings is 1. The van der Waals surface area contributed by atoms with Crippen molar-refractivity contribution in [1.82, 2.24) is 9.78 Å². The van der Waals surface area contributed by atoms with Crippen molar-refractivity contribution in [2.24, 2.45) is 0 Å². The average Bonchev–Trinajstić information content (AvgIpc) is 3.36. The van der Waals surface area contributed by atoms with Gasteiger partial charge in [-0.25, -0.2) is 4.39 Å². The van der Waals surface area contributed by atoms with E-state index in [0.29, 0.717) is 27.9 Å². The second kappa shape index (κ2) is 9.06. The zero-order valence-corrected chi connectivity index (χ0v) is 17.4. The molecule has 0 saturated heterocycles. The van der Waals surface area contributed by atoms with Gasteiger partial charge in [-0.2, -0.15) is 5.10 Å². The van der Waals surface area contributed by atoms with Crippen molar-refractivity contribution in [2.45, 2.75) is 20.1 Å². The van der Waals surface area contributed by atoms with Gasteiger partial charge in [0.1, 0.15) is 23.9 Å². The van der Waals surface area contributed by atoms with Gasteiger partial charge in [0.25, 0.3) is 5.91 Å². The maximum Gasteiger partial charge on any atom is 0.292 e. The summed E-state index contributed by atoms with van der Waals surface area (Å²) in [6.07, 6.45) is 0. The van der Waals surface area contributed by atoms with Crippen molar-refractivity contribution in [3.63, 3.8) is 0 Å². The summed E-state index contributed by atoms with van der Waals surface area (Å²) in [6.45, 7) is 2.23. The van der Waals surface area contributed by atoms with Crippen LogP contribution >= 0.6 is 11.6 Å². The molecule has 0 aliphatic rings. The van der Waals surface area contributed by atoms with Gasteiger partial charge >= 0.3 is 0 Å². The number of carbonyl (C=O) groups is 1. The fourth-order valence-corrected chi connectivity index (χ4v) is 3.18. The van der Waals surface area contributed by atoms with E-state index in [1.165, 1.54) is 6.07 Å². The summed E-state index contributed by atoms with van der Waals surface area (Å²) >= 11 is 6.06. The highest BCUT2D eigenvalue weighted by Gasteiger charge is 2.15. The molecule has 0 saturated carbocycles. The maximum absolute atomic E-state index is 13.9. The molecule has 2 aromatic heterocycles. The van der Waals surface area contributed by atoms with Crippen LogP contribution in [0.25, 0.3) is 0 Å². The van der Waals surface area contributed by atoms with Crippen LogP contribution in [0.4, 0.5) is 10.2 Å². The lowest BCUT2D eigenvalue weighted by atomic mass is 10.2. The number of carbonyl (C=O) groups excluding carboxylic acids is 1. The van der Waals surface area contributed by atoms with E-state index < -0.39 is 5.91 Å². The number of ether oxygens (including phenoxy) is 1. The van der Waals surface area contributed by atoms with Crippen LogP contribution in [0.2, 0.25) is 5.02 Å². The molecule has 6 nitrogen and oxygen atoms in total. The van der Waals surface area contributed by atoms with Gasteiger partial charge in [-0.1, -0.05) is 41.9 Å². The molecular formula is C23H19ClFN3O3. The first-order chi connectivity index (χ1) is 15.0. The summed E-state index contributed by atoms with van der Waals surface area (Å²) in [6, 6.07) is 18.5. The van der Waals surface area contributed by atoms with Crippen LogP contribution in [0.5, 0.6) is 5.75 Å². The minimum absolute atomic E-state index is 0.124. The third-order valence-corrected chi connectivity index (χ3v) is 4.91. The number of aryl methyl sites for hydroxylation is 1. The second-order valence-corrected chi connectivity index (χ2v) is 7.27.